The Morgan fingerprint density at radius 3 is 2.39 bits per heavy atom. The molecular formula is C16H26N4O3. The minimum atomic E-state index is -0.503. The van der Waals surface area contributed by atoms with E-state index < -0.39 is 17.6 Å². The molecule has 0 bridgehead atoms. The molecule has 1 rings (SSSR count). The van der Waals surface area contributed by atoms with Gasteiger partial charge in [-0.25, -0.2) is 4.79 Å². The van der Waals surface area contributed by atoms with Crippen LogP contribution in [-0.2, 0) is 4.74 Å². The smallest absolute Gasteiger partial charge is 0.407 e. The highest BCUT2D eigenvalue weighted by atomic mass is 16.6. The van der Waals surface area contributed by atoms with Gasteiger partial charge in [-0.2, -0.15) is 0 Å². The van der Waals surface area contributed by atoms with Crippen LogP contribution in [0.15, 0.2) is 18.2 Å². The Bertz CT molecular complexity index is 553. The van der Waals surface area contributed by atoms with Gasteiger partial charge in [-0.1, -0.05) is 0 Å². The van der Waals surface area contributed by atoms with Crippen molar-refractivity contribution in [1.82, 2.24) is 5.32 Å². The molecule has 0 aliphatic rings. The van der Waals surface area contributed by atoms with Crippen LogP contribution in [0.25, 0.3) is 0 Å². The average molecular weight is 322 g/mol. The number of amides is 2. The first-order valence-corrected chi connectivity index (χ1v) is 7.59. The summed E-state index contributed by atoms with van der Waals surface area (Å²) in [5.74, 6) is -0.503. The third-order valence-corrected chi connectivity index (χ3v) is 2.92. The van der Waals surface area contributed by atoms with E-state index in [0.717, 1.165) is 18.5 Å². The van der Waals surface area contributed by atoms with Crippen molar-refractivity contribution in [3.63, 3.8) is 0 Å². The zero-order valence-electron chi connectivity index (χ0n) is 13.9. The molecule has 0 spiro atoms. The van der Waals surface area contributed by atoms with E-state index in [-0.39, 0.29) is 0 Å². The number of carbonyl (C=O) groups is 2. The van der Waals surface area contributed by atoms with Crippen LogP contribution in [-0.4, -0.2) is 30.7 Å². The molecule has 6 N–H and O–H groups in total. The first-order chi connectivity index (χ1) is 10.7. The van der Waals surface area contributed by atoms with Crippen LogP contribution in [0.3, 0.4) is 0 Å². The highest BCUT2D eigenvalue weighted by Gasteiger charge is 2.15. The number of nitrogens with one attached hydrogen (secondary N) is 2. The van der Waals surface area contributed by atoms with Gasteiger partial charge in [0, 0.05) is 18.7 Å². The Balaban J connectivity index is 2.23. The van der Waals surface area contributed by atoms with Crippen molar-refractivity contribution in [3.05, 3.63) is 23.8 Å². The monoisotopic (exact) mass is 322 g/mol. The van der Waals surface area contributed by atoms with E-state index in [2.05, 4.69) is 10.6 Å². The number of hydrogen-bond donors (Lipinski definition) is 4. The van der Waals surface area contributed by atoms with Crippen molar-refractivity contribution in [2.45, 2.75) is 39.2 Å². The van der Waals surface area contributed by atoms with E-state index in [4.69, 9.17) is 16.2 Å². The van der Waals surface area contributed by atoms with Crippen molar-refractivity contribution in [2.24, 2.45) is 5.73 Å². The largest absolute Gasteiger partial charge is 0.444 e. The van der Waals surface area contributed by atoms with Gasteiger partial charge in [-0.15, -0.1) is 0 Å². The predicted octanol–water partition coefficient (Wildman–Crippen LogP) is 2.08. The van der Waals surface area contributed by atoms with Gasteiger partial charge in [0.1, 0.15) is 5.60 Å². The Morgan fingerprint density at radius 1 is 1.17 bits per heavy atom. The van der Waals surface area contributed by atoms with Crippen LogP contribution >= 0.6 is 0 Å². The summed E-state index contributed by atoms with van der Waals surface area (Å²) in [6.07, 6.45) is 1.26. The van der Waals surface area contributed by atoms with Crippen molar-refractivity contribution in [3.8, 4) is 0 Å². The van der Waals surface area contributed by atoms with Crippen LogP contribution in [0.2, 0.25) is 0 Å². The van der Waals surface area contributed by atoms with Crippen molar-refractivity contribution in [1.29, 1.82) is 0 Å². The third-order valence-electron chi connectivity index (χ3n) is 2.92. The number of ether oxygens (including phenoxy) is 1. The highest BCUT2D eigenvalue weighted by molar-refractivity contribution is 5.94. The number of anilines is 2. The second kappa shape index (κ2) is 8.26. The average Bonchev–Trinajstić information content (AvgIpc) is 2.41. The first-order valence-electron chi connectivity index (χ1n) is 7.59. The lowest BCUT2D eigenvalue weighted by Crippen LogP contribution is -2.33. The quantitative estimate of drug-likeness (QED) is 0.452. The molecule has 0 radical (unpaired) electrons. The van der Waals surface area contributed by atoms with Crippen LogP contribution in [0.1, 0.15) is 44.0 Å². The van der Waals surface area contributed by atoms with Gasteiger partial charge in [0.15, 0.2) is 0 Å². The molecule has 0 heterocycles. The number of hydrogen-bond acceptors (Lipinski definition) is 5. The zero-order valence-corrected chi connectivity index (χ0v) is 13.9. The lowest BCUT2D eigenvalue weighted by molar-refractivity contribution is 0.0527. The Hall–Kier alpha value is -2.44. The summed E-state index contributed by atoms with van der Waals surface area (Å²) in [7, 11) is 0. The molecule has 0 saturated heterocycles. The number of nitrogens with two attached hydrogens (primary N) is 2. The molecule has 0 atom stereocenters. The Labute approximate surface area is 136 Å². The van der Waals surface area contributed by atoms with Crippen LogP contribution in [0, 0.1) is 0 Å². The molecule has 2 amide bonds. The van der Waals surface area contributed by atoms with Gasteiger partial charge < -0.3 is 26.8 Å². The van der Waals surface area contributed by atoms with Crippen LogP contribution in [0.4, 0.5) is 16.2 Å². The molecule has 0 aliphatic heterocycles. The molecule has 1 aromatic carbocycles. The number of benzene rings is 1. The van der Waals surface area contributed by atoms with Crippen LogP contribution < -0.4 is 22.1 Å². The lowest BCUT2D eigenvalue weighted by atomic mass is 10.1. The zero-order chi connectivity index (χ0) is 17.5. The van der Waals surface area contributed by atoms with Gasteiger partial charge in [-0.3, -0.25) is 4.79 Å². The fourth-order valence-electron chi connectivity index (χ4n) is 1.85. The maximum absolute atomic E-state index is 11.4. The molecule has 7 heteroatoms. The van der Waals surface area contributed by atoms with Crippen molar-refractivity contribution >= 4 is 23.4 Å². The van der Waals surface area contributed by atoms with Gasteiger partial charge in [0.05, 0.1) is 11.4 Å². The topological polar surface area (TPSA) is 119 Å². The summed E-state index contributed by atoms with van der Waals surface area (Å²) in [4.78, 5) is 22.5. The molecule has 7 nitrogen and oxygen atoms in total. The minimum absolute atomic E-state index is 0.384. The van der Waals surface area contributed by atoms with Crippen molar-refractivity contribution < 1.29 is 14.3 Å². The predicted molar refractivity (Wildman–Crippen MR) is 91.3 cm³/mol. The van der Waals surface area contributed by atoms with Crippen LogP contribution in [0.5, 0.6) is 0 Å². The summed E-state index contributed by atoms with van der Waals surface area (Å²) in [5.41, 5.74) is 12.2. The fraction of sp³-hybridized carbons (Fsp3) is 0.500. The van der Waals surface area contributed by atoms with Crippen molar-refractivity contribution in [2.75, 3.05) is 24.1 Å². The number of rotatable bonds is 7. The van der Waals surface area contributed by atoms with E-state index >= 15 is 0 Å². The Morgan fingerprint density at radius 2 is 1.83 bits per heavy atom. The number of nitrogen functional groups attached to an aromatic ring is 1. The number of alkyl carbamates (subject to hydrolysis) is 1. The SMILES string of the molecule is CC(C)(C)OC(=O)NCCCCNc1ccc(C(N)=O)cc1N. The van der Waals surface area contributed by atoms with E-state index in [9.17, 15) is 9.59 Å². The van der Waals surface area contributed by atoms with Gasteiger partial charge in [0.2, 0.25) is 5.91 Å². The van der Waals surface area contributed by atoms with Gasteiger partial charge in [-0.05, 0) is 51.8 Å². The Kier molecular flexibility index (Phi) is 6.68. The highest BCUT2D eigenvalue weighted by Crippen LogP contribution is 2.19. The van der Waals surface area contributed by atoms with E-state index in [0.29, 0.717) is 24.3 Å². The molecule has 0 unspecified atom stereocenters. The molecule has 0 saturated carbocycles. The molecule has 1 aromatic rings. The molecule has 128 valence electrons. The minimum Gasteiger partial charge on any atom is -0.444 e. The third kappa shape index (κ3) is 7.39. The van der Waals surface area contributed by atoms with E-state index in [1.165, 1.54) is 0 Å². The summed E-state index contributed by atoms with van der Waals surface area (Å²) in [6, 6.07) is 4.91. The molecule has 0 aromatic heterocycles. The second-order valence-electron chi connectivity index (χ2n) is 6.23. The summed E-state index contributed by atoms with van der Waals surface area (Å²) in [5, 5.41) is 5.89. The molecule has 0 aliphatic carbocycles. The van der Waals surface area contributed by atoms with Gasteiger partial charge >= 0.3 is 6.09 Å². The second-order valence-corrected chi connectivity index (χ2v) is 6.23. The first kappa shape index (κ1) is 18.6. The van der Waals surface area contributed by atoms with E-state index in [1.807, 2.05) is 20.8 Å². The van der Waals surface area contributed by atoms with Gasteiger partial charge in [0.25, 0.3) is 0 Å². The maximum atomic E-state index is 11.4. The normalized spacial score (nSPS) is 10.9. The molecule has 0 fully saturated rings. The standard InChI is InChI=1S/C16H26N4O3/c1-16(2,3)23-15(22)20-9-5-4-8-19-13-7-6-11(14(18)21)10-12(13)17/h6-7,10,19H,4-5,8-9,17H2,1-3H3,(H2,18,21)(H,20,22). The summed E-state index contributed by atoms with van der Waals surface area (Å²) < 4.78 is 5.14. The number of carbonyl (C=O) groups excluding carboxylic acids is 2. The molecular weight excluding hydrogens is 296 g/mol. The fourth-order valence-corrected chi connectivity index (χ4v) is 1.85. The number of unbranched alkanes of at least 4 members (excludes halogenated alkanes) is 1. The number of primary amides is 1. The summed E-state index contributed by atoms with van der Waals surface area (Å²) >= 11 is 0. The molecule has 23 heavy (non-hydrogen) atoms. The van der Waals surface area contributed by atoms with E-state index in [1.54, 1.807) is 18.2 Å². The summed E-state index contributed by atoms with van der Waals surface area (Å²) in [6.45, 7) is 6.72. The maximum Gasteiger partial charge on any atom is 0.407 e. The lowest BCUT2D eigenvalue weighted by Gasteiger charge is -2.19.